The zero-order valence-electron chi connectivity index (χ0n) is 24.2. The van der Waals surface area contributed by atoms with Crippen molar-refractivity contribution in [3.8, 4) is 0 Å². The largest absolute Gasteiger partial charge is 0.445 e. The molecule has 0 saturated carbocycles. The van der Waals surface area contributed by atoms with E-state index in [9.17, 15) is 4.79 Å². The van der Waals surface area contributed by atoms with Gasteiger partial charge >= 0.3 is 6.09 Å². The van der Waals surface area contributed by atoms with Gasteiger partial charge < -0.3 is 57.8 Å². The van der Waals surface area contributed by atoms with Gasteiger partial charge in [0.05, 0.1) is 126 Å². The van der Waals surface area contributed by atoms with Crippen LogP contribution in [0.15, 0.2) is 30.3 Å². The number of rotatable bonds is 31. The molecule has 0 fully saturated rings. The maximum absolute atomic E-state index is 11.6. The van der Waals surface area contributed by atoms with Gasteiger partial charge in [-0.2, -0.15) is 0 Å². The number of carbonyl (C=O) groups excluding carboxylic acids is 1. The summed E-state index contributed by atoms with van der Waals surface area (Å²) in [5.74, 6) is 0. The molecule has 0 unspecified atom stereocenters. The zero-order chi connectivity index (χ0) is 29.3. The number of benzene rings is 1. The van der Waals surface area contributed by atoms with Gasteiger partial charge in [0, 0.05) is 6.54 Å². The summed E-state index contributed by atoms with van der Waals surface area (Å²) in [6.45, 7) is 9.06. The molecule has 0 aliphatic rings. The van der Waals surface area contributed by atoms with Crippen molar-refractivity contribution >= 4 is 6.09 Å². The molecule has 0 bridgehead atoms. The van der Waals surface area contributed by atoms with Crippen LogP contribution in [-0.4, -0.2) is 143 Å². The highest BCUT2D eigenvalue weighted by Crippen LogP contribution is 2.00. The molecule has 0 aliphatic heterocycles. The molecular weight excluding hydrogens is 542 g/mol. The van der Waals surface area contributed by atoms with Crippen molar-refractivity contribution in [3.05, 3.63) is 35.9 Å². The summed E-state index contributed by atoms with van der Waals surface area (Å²) in [6.07, 6.45) is -0.470. The predicted octanol–water partition coefficient (Wildman–Crippen LogP) is 1.05. The first-order valence-electron chi connectivity index (χ1n) is 14.1. The first kappa shape index (κ1) is 37.1. The number of hydrogen-bond donors (Lipinski definition) is 2. The summed E-state index contributed by atoms with van der Waals surface area (Å²) in [5, 5.41) is 11.2. The fraction of sp³-hybridized carbons (Fsp3) is 0.750. The van der Waals surface area contributed by atoms with Gasteiger partial charge in [0.15, 0.2) is 0 Å². The second-order valence-corrected chi connectivity index (χ2v) is 8.22. The second-order valence-electron chi connectivity index (χ2n) is 8.22. The SMILES string of the molecule is O=C(NCCOCCOCCOCCOCCOCCOCCOCCOCCOCCO)OCc1ccccc1. The monoisotopic (exact) mass is 591 g/mol. The Hall–Kier alpha value is -1.91. The van der Waals surface area contributed by atoms with Gasteiger partial charge in [-0.25, -0.2) is 4.79 Å². The number of carbonyl (C=O) groups is 1. The van der Waals surface area contributed by atoms with Crippen LogP contribution >= 0.6 is 0 Å². The van der Waals surface area contributed by atoms with Gasteiger partial charge in [0.1, 0.15) is 6.61 Å². The van der Waals surface area contributed by atoms with Crippen LogP contribution in [0.2, 0.25) is 0 Å². The molecule has 0 saturated heterocycles. The third-order valence-electron chi connectivity index (χ3n) is 4.94. The van der Waals surface area contributed by atoms with Crippen LogP contribution in [0.25, 0.3) is 0 Å². The van der Waals surface area contributed by atoms with Crippen molar-refractivity contribution in [1.29, 1.82) is 0 Å². The van der Waals surface area contributed by atoms with Crippen LogP contribution in [-0.2, 0) is 54.0 Å². The fourth-order valence-electron chi connectivity index (χ4n) is 2.93. The third-order valence-corrected chi connectivity index (χ3v) is 4.94. The minimum atomic E-state index is -0.470. The van der Waals surface area contributed by atoms with Crippen LogP contribution in [0.1, 0.15) is 5.56 Å². The lowest BCUT2D eigenvalue weighted by Gasteiger charge is -2.09. The molecule has 1 amide bonds. The van der Waals surface area contributed by atoms with Gasteiger partial charge in [0.25, 0.3) is 0 Å². The van der Waals surface area contributed by atoms with Gasteiger partial charge in [-0.15, -0.1) is 0 Å². The van der Waals surface area contributed by atoms with Gasteiger partial charge in [-0.1, -0.05) is 30.3 Å². The molecular formula is C28H49NO12. The molecule has 1 rings (SSSR count). The summed E-state index contributed by atoms with van der Waals surface area (Å²) in [4.78, 5) is 11.6. The predicted molar refractivity (Wildman–Crippen MR) is 149 cm³/mol. The minimum Gasteiger partial charge on any atom is -0.445 e. The molecule has 13 heteroatoms. The number of ether oxygens (including phenoxy) is 10. The highest BCUT2D eigenvalue weighted by molar-refractivity contribution is 5.67. The van der Waals surface area contributed by atoms with Crippen molar-refractivity contribution < 1.29 is 57.3 Å². The van der Waals surface area contributed by atoms with Crippen LogP contribution in [0.5, 0.6) is 0 Å². The van der Waals surface area contributed by atoms with Crippen molar-refractivity contribution in [2.45, 2.75) is 6.61 Å². The molecule has 0 heterocycles. The van der Waals surface area contributed by atoms with Crippen molar-refractivity contribution in [2.24, 2.45) is 0 Å². The molecule has 0 radical (unpaired) electrons. The van der Waals surface area contributed by atoms with E-state index in [2.05, 4.69) is 5.32 Å². The summed E-state index contributed by atoms with van der Waals surface area (Å²) in [6, 6.07) is 9.50. The van der Waals surface area contributed by atoms with E-state index in [4.69, 9.17) is 52.5 Å². The first-order chi connectivity index (χ1) is 20.3. The Balaban J connectivity index is 1.65. The maximum atomic E-state index is 11.6. The summed E-state index contributed by atoms with van der Waals surface area (Å²) in [5.41, 5.74) is 0.937. The van der Waals surface area contributed by atoms with E-state index >= 15 is 0 Å². The topological polar surface area (TPSA) is 142 Å². The molecule has 1 aromatic rings. The van der Waals surface area contributed by atoms with Gasteiger partial charge in [-0.3, -0.25) is 0 Å². The Morgan fingerprint density at radius 3 is 1.22 bits per heavy atom. The van der Waals surface area contributed by atoms with E-state index in [0.717, 1.165) is 5.56 Å². The highest BCUT2D eigenvalue weighted by Gasteiger charge is 2.01. The molecule has 13 nitrogen and oxygen atoms in total. The Morgan fingerprint density at radius 2 is 0.854 bits per heavy atom. The number of aliphatic hydroxyl groups is 1. The molecule has 1 aromatic carbocycles. The number of nitrogens with one attached hydrogen (secondary N) is 1. The summed E-state index contributed by atoms with van der Waals surface area (Å²) < 4.78 is 53.5. The van der Waals surface area contributed by atoms with E-state index in [1.165, 1.54) is 0 Å². The quantitative estimate of drug-likeness (QED) is 0.119. The number of alkyl carbamates (subject to hydrolysis) is 1. The van der Waals surface area contributed by atoms with Crippen LogP contribution in [0.4, 0.5) is 4.79 Å². The molecule has 0 atom stereocenters. The first-order valence-corrected chi connectivity index (χ1v) is 14.1. The summed E-state index contributed by atoms with van der Waals surface area (Å²) in [7, 11) is 0. The van der Waals surface area contributed by atoms with Crippen LogP contribution < -0.4 is 5.32 Å². The molecule has 0 aromatic heterocycles. The Bertz CT molecular complexity index is 671. The molecule has 0 aliphatic carbocycles. The fourth-order valence-corrected chi connectivity index (χ4v) is 2.93. The van der Waals surface area contributed by atoms with E-state index in [-0.39, 0.29) is 13.2 Å². The standard InChI is InChI=1S/C28H49NO12/c30-7-9-33-11-13-35-15-17-37-19-21-39-23-25-40-24-22-38-20-18-36-16-14-34-12-10-32-8-6-29-28(31)41-26-27-4-2-1-3-5-27/h1-5,30H,6-26H2,(H,29,31). The Kier molecular flexibility index (Phi) is 28.1. The molecule has 0 spiro atoms. The normalized spacial score (nSPS) is 11.1. The van der Waals surface area contributed by atoms with Crippen LogP contribution in [0, 0.1) is 0 Å². The second kappa shape index (κ2) is 31.0. The average Bonchev–Trinajstić information content (AvgIpc) is 2.99. The maximum Gasteiger partial charge on any atom is 0.407 e. The highest BCUT2D eigenvalue weighted by atomic mass is 16.6. The Morgan fingerprint density at radius 1 is 0.512 bits per heavy atom. The number of hydrogen-bond acceptors (Lipinski definition) is 12. The van der Waals surface area contributed by atoms with Gasteiger partial charge in [0.2, 0.25) is 0 Å². The number of aliphatic hydroxyl groups excluding tert-OH is 1. The van der Waals surface area contributed by atoms with Crippen molar-refractivity contribution in [2.75, 3.05) is 132 Å². The van der Waals surface area contributed by atoms with Crippen molar-refractivity contribution in [1.82, 2.24) is 5.32 Å². The van der Waals surface area contributed by atoms with E-state index in [1.54, 1.807) is 0 Å². The molecule has 2 N–H and O–H groups in total. The average molecular weight is 592 g/mol. The van der Waals surface area contributed by atoms with E-state index in [1.807, 2.05) is 30.3 Å². The smallest absolute Gasteiger partial charge is 0.407 e. The molecule has 238 valence electrons. The number of amides is 1. The summed E-state index contributed by atoms with van der Waals surface area (Å²) >= 11 is 0. The van der Waals surface area contributed by atoms with E-state index < -0.39 is 6.09 Å². The van der Waals surface area contributed by atoms with Gasteiger partial charge in [-0.05, 0) is 5.56 Å². The lowest BCUT2D eigenvalue weighted by atomic mass is 10.2. The van der Waals surface area contributed by atoms with Crippen LogP contribution in [0.3, 0.4) is 0 Å². The Labute approximate surface area is 243 Å². The zero-order valence-corrected chi connectivity index (χ0v) is 24.2. The lowest BCUT2D eigenvalue weighted by molar-refractivity contribution is -0.0254. The minimum absolute atomic E-state index is 0.0221. The molecule has 41 heavy (non-hydrogen) atoms. The third kappa shape index (κ3) is 28.0. The van der Waals surface area contributed by atoms with E-state index in [0.29, 0.717) is 125 Å². The van der Waals surface area contributed by atoms with Crippen molar-refractivity contribution in [3.63, 3.8) is 0 Å². The lowest BCUT2D eigenvalue weighted by Crippen LogP contribution is -2.28.